The molecule has 0 bridgehead atoms. The Kier molecular flexibility index (Phi) is 7.52. The fourth-order valence-electron chi connectivity index (χ4n) is 3.40. The first-order chi connectivity index (χ1) is 9.61. The number of nitrogens with one attached hydrogen (secondary N) is 1. The van der Waals surface area contributed by atoms with Crippen molar-refractivity contribution in [1.29, 1.82) is 0 Å². The van der Waals surface area contributed by atoms with Crippen molar-refractivity contribution >= 4 is 5.91 Å². The van der Waals surface area contributed by atoms with Crippen LogP contribution in [0.25, 0.3) is 0 Å². The maximum Gasteiger partial charge on any atom is 0.227 e. The smallest absolute Gasteiger partial charge is 0.227 e. The van der Waals surface area contributed by atoms with Crippen LogP contribution < -0.4 is 11.1 Å². The molecule has 1 saturated heterocycles. The lowest BCUT2D eigenvalue weighted by Crippen LogP contribution is -2.47. The molecule has 1 fully saturated rings. The molecule has 20 heavy (non-hydrogen) atoms. The van der Waals surface area contributed by atoms with E-state index in [1.165, 1.54) is 13.0 Å². The molecule has 4 heteroatoms. The molecule has 3 N–H and O–H groups in total. The van der Waals surface area contributed by atoms with Gasteiger partial charge in [-0.25, -0.2) is 0 Å². The lowest BCUT2D eigenvalue weighted by Gasteiger charge is -2.31. The minimum absolute atomic E-state index is 0.179. The summed E-state index contributed by atoms with van der Waals surface area (Å²) in [5.74, 6) is 0.788. The summed E-state index contributed by atoms with van der Waals surface area (Å²) in [6.07, 6.45) is 5.02. The second kappa shape index (κ2) is 8.63. The van der Waals surface area contributed by atoms with Gasteiger partial charge >= 0.3 is 0 Å². The van der Waals surface area contributed by atoms with Crippen molar-refractivity contribution in [1.82, 2.24) is 10.2 Å². The largest absolute Gasteiger partial charge is 0.355 e. The number of nitrogens with two attached hydrogens (primary N) is 1. The summed E-state index contributed by atoms with van der Waals surface area (Å²) in [6, 6.07) is 0. The van der Waals surface area contributed by atoms with E-state index in [-0.39, 0.29) is 11.3 Å². The summed E-state index contributed by atoms with van der Waals surface area (Å²) in [7, 11) is 0. The topological polar surface area (TPSA) is 58.4 Å². The highest BCUT2D eigenvalue weighted by Gasteiger charge is 2.35. The molecule has 1 atom stereocenters. The van der Waals surface area contributed by atoms with Crippen molar-refractivity contribution in [2.24, 2.45) is 17.1 Å². The van der Waals surface area contributed by atoms with Crippen LogP contribution in [0.15, 0.2) is 0 Å². The summed E-state index contributed by atoms with van der Waals surface area (Å²) < 4.78 is 0. The molecule has 1 unspecified atom stereocenters. The molecule has 1 rings (SSSR count). The first-order valence-corrected chi connectivity index (χ1v) is 8.32. The summed E-state index contributed by atoms with van der Waals surface area (Å²) in [6.45, 7) is 11.1. The van der Waals surface area contributed by atoms with Gasteiger partial charge in [0.1, 0.15) is 0 Å². The van der Waals surface area contributed by atoms with Crippen LogP contribution in [0.3, 0.4) is 0 Å². The van der Waals surface area contributed by atoms with Gasteiger partial charge in [0, 0.05) is 19.6 Å². The van der Waals surface area contributed by atoms with Crippen LogP contribution in [0.1, 0.15) is 52.9 Å². The van der Waals surface area contributed by atoms with E-state index in [1.807, 2.05) is 0 Å². The van der Waals surface area contributed by atoms with Crippen molar-refractivity contribution in [3.05, 3.63) is 0 Å². The summed E-state index contributed by atoms with van der Waals surface area (Å²) in [5.41, 5.74) is 5.60. The summed E-state index contributed by atoms with van der Waals surface area (Å²) in [5, 5.41) is 3.19. The number of hydrogen-bond acceptors (Lipinski definition) is 3. The Morgan fingerprint density at radius 2 is 1.95 bits per heavy atom. The standard InChI is InChI=1S/C16H33N3O/c1-4-8-16(13-17,9-5-2)15(20)18-11-14-7-10-19(6-3)12-14/h14H,4-13,17H2,1-3H3,(H,18,20). The number of amides is 1. The van der Waals surface area contributed by atoms with E-state index in [2.05, 4.69) is 31.0 Å². The van der Waals surface area contributed by atoms with Crippen molar-refractivity contribution in [2.75, 3.05) is 32.7 Å². The molecule has 4 nitrogen and oxygen atoms in total. The Morgan fingerprint density at radius 3 is 2.40 bits per heavy atom. The molecule has 0 aromatic rings. The van der Waals surface area contributed by atoms with E-state index >= 15 is 0 Å². The number of rotatable bonds is 9. The molecule has 0 radical (unpaired) electrons. The normalized spacial score (nSPS) is 20.3. The zero-order valence-corrected chi connectivity index (χ0v) is 13.6. The van der Waals surface area contributed by atoms with Gasteiger partial charge in [-0.05, 0) is 38.3 Å². The second-order valence-electron chi connectivity index (χ2n) is 6.24. The molecule has 0 aromatic heterocycles. The Balaban J connectivity index is 2.49. The Bertz CT molecular complexity index is 287. The Hall–Kier alpha value is -0.610. The van der Waals surface area contributed by atoms with Crippen molar-refractivity contribution in [3.8, 4) is 0 Å². The molecular weight excluding hydrogens is 250 g/mol. The van der Waals surface area contributed by atoms with Crippen molar-refractivity contribution in [3.63, 3.8) is 0 Å². The molecule has 0 saturated carbocycles. The van der Waals surface area contributed by atoms with Gasteiger partial charge in [0.2, 0.25) is 5.91 Å². The van der Waals surface area contributed by atoms with Gasteiger partial charge in [-0.3, -0.25) is 4.79 Å². The molecule has 1 aliphatic heterocycles. The van der Waals surface area contributed by atoms with Gasteiger partial charge in [-0.2, -0.15) is 0 Å². The van der Waals surface area contributed by atoms with E-state index < -0.39 is 0 Å². The molecule has 1 aliphatic rings. The molecule has 0 spiro atoms. The summed E-state index contributed by atoms with van der Waals surface area (Å²) in [4.78, 5) is 15.0. The van der Waals surface area contributed by atoms with Crippen LogP contribution in [0, 0.1) is 11.3 Å². The van der Waals surface area contributed by atoms with Gasteiger partial charge in [0.15, 0.2) is 0 Å². The molecule has 118 valence electrons. The fraction of sp³-hybridized carbons (Fsp3) is 0.938. The highest BCUT2D eigenvalue weighted by molar-refractivity contribution is 5.82. The van der Waals surface area contributed by atoms with Crippen LogP contribution in [0.5, 0.6) is 0 Å². The first-order valence-electron chi connectivity index (χ1n) is 8.32. The third-order valence-corrected chi connectivity index (χ3v) is 4.70. The predicted molar refractivity (Wildman–Crippen MR) is 84.5 cm³/mol. The number of nitrogens with zero attached hydrogens (tertiary/aromatic N) is 1. The molecule has 1 amide bonds. The molecule has 0 aromatic carbocycles. The van der Waals surface area contributed by atoms with E-state index in [0.29, 0.717) is 12.5 Å². The number of likely N-dealkylation sites (tertiary alicyclic amines) is 1. The summed E-state index contributed by atoms with van der Waals surface area (Å²) >= 11 is 0. The number of carbonyl (C=O) groups is 1. The average Bonchev–Trinajstić information content (AvgIpc) is 2.92. The van der Waals surface area contributed by atoms with E-state index in [9.17, 15) is 4.79 Å². The monoisotopic (exact) mass is 283 g/mol. The molecule has 0 aliphatic carbocycles. The zero-order valence-electron chi connectivity index (χ0n) is 13.6. The average molecular weight is 283 g/mol. The maximum atomic E-state index is 12.6. The van der Waals surface area contributed by atoms with E-state index in [1.54, 1.807) is 0 Å². The quantitative estimate of drug-likeness (QED) is 0.680. The van der Waals surface area contributed by atoms with E-state index in [0.717, 1.165) is 45.3 Å². The van der Waals surface area contributed by atoms with Crippen LogP contribution in [0.2, 0.25) is 0 Å². The Morgan fingerprint density at radius 1 is 1.30 bits per heavy atom. The number of carbonyl (C=O) groups excluding carboxylic acids is 1. The van der Waals surface area contributed by atoms with Crippen LogP contribution in [-0.2, 0) is 4.79 Å². The van der Waals surface area contributed by atoms with Gasteiger partial charge in [-0.15, -0.1) is 0 Å². The third kappa shape index (κ3) is 4.45. The zero-order chi connectivity index (χ0) is 15.0. The van der Waals surface area contributed by atoms with Gasteiger partial charge in [-0.1, -0.05) is 33.6 Å². The predicted octanol–water partition coefficient (Wildman–Crippen LogP) is 1.99. The van der Waals surface area contributed by atoms with Crippen LogP contribution >= 0.6 is 0 Å². The highest BCUT2D eigenvalue weighted by atomic mass is 16.2. The third-order valence-electron chi connectivity index (χ3n) is 4.70. The lowest BCUT2D eigenvalue weighted by atomic mass is 9.78. The van der Waals surface area contributed by atoms with Crippen LogP contribution in [-0.4, -0.2) is 43.5 Å². The Labute approximate surface area is 124 Å². The van der Waals surface area contributed by atoms with Gasteiger partial charge in [0.05, 0.1) is 5.41 Å². The molecule has 1 heterocycles. The van der Waals surface area contributed by atoms with Gasteiger partial charge < -0.3 is 16.0 Å². The van der Waals surface area contributed by atoms with Crippen molar-refractivity contribution in [2.45, 2.75) is 52.9 Å². The highest BCUT2D eigenvalue weighted by Crippen LogP contribution is 2.29. The SMILES string of the molecule is CCCC(CN)(CCC)C(=O)NCC1CCN(CC)C1. The van der Waals surface area contributed by atoms with Crippen molar-refractivity contribution < 1.29 is 4.79 Å². The lowest BCUT2D eigenvalue weighted by molar-refractivity contribution is -0.131. The van der Waals surface area contributed by atoms with Gasteiger partial charge in [0.25, 0.3) is 0 Å². The number of hydrogen-bond donors (Lipinski definition) is 2. The maximum absolute atomic E-state index is 12.6. The minimum atomic E-state index is -0.341. The first kappa shape index (κ1) is 17.4. The van der Waals surface area contributed by atoms with Crippen LogP contribution in [0.4, 0.5) is 0 Å². The molecular formula is C16H33N3O. The fourth-order valence-corrected chi connectivity index (χ4v) is 3.40. The second-order valence-corrected chi connectivity index (χ2v) is 6.24. The minimum Gasteiger partial charge on any atom is -0.355 e. The van der Waals surface area contributed by atoms with E-state index in [4.69, 9.17) is 5.73 Å².